The zero-order valence-electron chi connectivity index (χ0n) is 18.1. The number of hydrogen-bond donors (Lipinski definition) is 2. The summed E-state index contributed by atoms with van der Waals surface area (Å²) in [5.41, 5.74) is 7.57. The SMILES string of the molecule is COc1ccc(C(=O)Nc2ccc(CN3CCCC(C(N)=O)C3)cc2)c(OC)c1OC. The summed E-state index contributed by atoms with van der Waals surface area (Å²) >= 11 is 0. The minimum Gasteiger partial charge on any atom is -0.493 e. The second-order valence-corrected chi connectivity index (χ2v) is 7.51. The number of carbonyl (C=O) groups is 2. The Kier molecular flexibility index (Phi) is 7.36. The molecular formula is C23H29N3O5. The highest BCUT2D eigenvalue weighted by atomic mass is 16.5. The summed E-state index contributed by atoms with van der Waals surface area (Å²) in [5.74, 6) is 0.536. The minimum atomic E-state index is -0.314. The van der Waals surface area contributed by atoms with E-state index in [-0.39, 0.29) is 17.7 Å². The average molecular weight is 428 g/mol. The van der Waals surface area contributed by atoms with Crippen molar-refractivity contribution in [3.8, 4) is 17.2 Å². The van der Waals surface area contributed by atoms with Crippen molar-refractivity contribution < 1.29 is 23.8 Å². The van der Waals surface area contributed by atoms with Crippen molar-refractivity contribution in [1.29, 1.82) is 0 Å². The summed E-state index contributed by atoms with van der Waals surface area (Å²) in [6, 6.07) is 10.9. The van der Waals surface area contributed by atoms with Crippen molar-refractivity contribution in [3.05, 3.63) is 47.5 Å². The van der Waals surface area contributed by atoms with Gasteiger partial charge in [-0.2, -0.15) is 0 Å². The van der Waals surface area contributed by atoms with Gasteiger partial charge in [-0.25, -0.2) is 0 Å². The van der Waals surface area contributed by atoms with E-state index in [1.807, 2.05) is 24.3 Å². The zero-order chi connectivity index (χ0) is 22.4. The number of hydrogen-bond acceptors (Lipinski definition) is 6. The first-order valence-corrected chi connectivity index (χ1v) is 10.2. The van der Waals surface area contributed by atoms with Gasteiger partial charge >= 0.3 is 0 Å². The standard InChI is InChI=1S/C23H29N3O5/c1-29-19-11-10-18(20(30-2)21(19)31-3)23(28)25-17-8-6-15(7-9-17)13-26-12-4-5-16(14-26)22(24)27/h6-11,16H,4-5,12-14H2,1-3H3,(H2,24,27)(H,25,28). The lowest BCUT2D eigenvalue weighted by molar-refractivity contribution is -0.123. The third kappa shape index (κ3) is 5.27. The molecule has 1 heterocycles. The topological polar surface area (TPSA) is 103 Å². The third-order valence-electron chi connectivity index (χ3n) is 5.47. The van der Waals surface area contributed by atoms with Crippen LogP contribution in [0.5, 0.6) is 17.2 Å². The van der Waals surface area contributed by atoms with Gasteiger partial charge in [-0.3, -0.25) is 14.5 Å². The van der Waals surface area contributed by atoms with E-state index in [0.717, 1.165) is 31.5 Å². The molecule has 1 aliphatic heterocycles. The Balaban J connectivity index is 1.67. The first kappa shape index (κ1) is 22.4. The molecule has 2 aromatic rings. The average Bonchev–Trinajstić information content (AvgIpc) is 2.79. The second kappa shape index (κ2) is 10.2. The lowest BCUT2D eigenvalue weighted by Crippen LogP contribution is -2.40. The quantitative estimate of drug-likeness (QED) is 0.671. The van der Waals surface area contributed by atoms with Gasteiger partial charge in [0, 0.05) is 18.8 Å². The molecule has 3 rings (SSSR count). The number of likely N-dealkylation sites (tertiary alicyclic amines) is 1. The Morgan fingerprint density at radius 2 is 1.74 bits per heavy atom. The van der Waals surface area contributed by atoms with Crippen molar-refractivity contribution in [3.63, 3.8) is 0 Å². The number of piperidine rings is 1. The number of benzene rings is 2. The van der Waals surface area contributed by atoms with Crippen LogP contribution in [0.1, 0.15) is 28.8 Å². The van der Waals surface area contributed by atoms with E-state index in [4.69, 9.17) is 19.9 Å². The summed E-state index contributed by atoms with van der Waals surface area (Å²) in [5, 5.41) is 2.88. The van der Waals surface area contributed by atoms with Gasteiger partial charge in [0.15, 0.2) is 11.5 Å². The Labute approximate surface area is 182 Å². The fraction of sp³-hybridized carbons (Fsp3) is 0.391. The van der Waals surface area contributed by atoms with Crippen molar-refractivity contribution in [2.75, 3.05) is 39.7 Å². The number of primary amides is 1. The number of anilines is 1. The van der Waals surface area contributed by atoms with E-state index in [1.165, 1.54) is 21.3 Å². The van der Waals surface area contributed by atoms with Gasteiger partial charge in [0.05, 0.1) is 32.8 Å². The van der Waals surface area contributed by atoms with Crippen LogP contribution < -0.4 is 25.3 Å². The predicted octanol–water partition coefficient (Wildman–Crippen LogP) is 2.66. The van der Waals surface area contributed by atoms with Crippen LogP contribution in [0.25, 0.3) is 0 Å². The molecule has 8 heteroatoms. The molecule has 0 bridgehead atoms. The molecule has 0 saturated carbocycles. The molecule has 1 aliphatic rings. The van der Waals surface area contributed by atoms with E-state index in [0.29, 0.717) is 35.0 Å². The smallest absolute Gasteiger partial charge is 0.259 e. The summed E-state index contributed by atoms with van der Waals surface area (Å²) < 4.78 is 16.0. The lowest BCUT2D eigenvalue weighted by atomic mass is 9.97. The summed E-state index contributed by atoms with van der Waals surface area (Å²) in [6.45, 7) is 2.37. The molecule has 1 atom stereocenters. The number of rotatable bonds is 8. The van der Waals surface area contributed by atoms with Crippen molar-refractivity contribution in [2.24, 2.45) is 11.7 Å². The van der Waals surface area contributed by atoms with Crippen LogP contribution in [-0.4, -0.2) is 51.1 Å². The van der Waals surface area contributed by atoms with Crippen LogP contribution in [-0.2, 0) is 11.3 Å². The maximum atomic E-state index is 12.8. The molecule has 2 aromatic carbocycles. The highest BCUT2D eigenvalue weighted by Gasteiger charge is 2.24. The van der Waals surface area contributed by atoms with Gasteiger partial charge < -0.3 is 25.3 Å². The van der Waals surface area contributed by atoms with E-state index >= 15 is 0 Å². The molecule has 3 N–H and O–H groups in total. The largest absolute Gasteiger partial charge is 0.493 e. The number of amides is 2. The van der Waals surface area contributed by atoms with Gasteiger partial charge in [0.2, 0.25) is 11.7 Å². The van der Waals surface area contributed by atoms with Crippen LogP contribution in [0.3, 0.4) is 0 Å². The van der Waals surface area contributed by atoms with Gasteiger partial charge in [0.25, 0.3) is 5.91 Å². The molecular weight excluding hydrogens is 398 g/mol. The van der Waals surface area contributed by atoms with Gasteiger partial charge in [0.1, 0.15) is 0 Å². The van der Waals surface area contributed by atoms with Crippen molar-refractivity contribution >= 4 is 17.5 Å². The normalized spacial score (nSPS) is 16.4. The Morgan fingerprint density at radius 3 is 2.35 bits per heavy atom. The lowest BCUT2D eigenvalue weighted by Gasteiger charge is -2.31. The number of nitrogens with zero attached hydrogens (tertiary/aromatic N) is 1. The number of nitrogens with one attached hydrogen (secondary N) is 1. The fourth-order valence-corrected chi connectivity index (χ4v) is 3.86. The van der Waals surface area contributed by atoms with E-state index < -0.39 is 0 Å². The predicted molar refractivity (Wildman–Crippen MR) is 118 cm³/mol. The molecule has 1 unspecified atom stereocenters. The molecule has 8 nitrogen and oxygen atoms in total. The minimum absolute atomic E-state index is 0.0798. The van der Waals surface area contributed by atoms with Crippen molar-refractivity contribution in [1.82, 2.24) is 4.90 Å². The number of carbonyl (C=O) groups excluding carboxylic acids is 2. The first-order chi connectivity index (χ1) is 15.0. The monoisotopic (exact) mass is 427 g/mol. The van der Waals surface area contributed by atoms with Gasteiger partial charge in [-0.05, 0) is 49.2 Å². The molecule has 31 heavy (non-hydrogen) atoms. The maximum Gasteiger partial charge on any atom is 0.259 e. The Bertz CT molecular complexity index is 930. The number of methoxy groups -OCH3 is 3. The molecule has 0 radical (unpaired) electrons. The molecule has 2 amide bonds. The molecule has 0 aliphatic carbocycles. The van der Waals surface area contributed by atoms with Gasteiger partial charge in [-0.1, -0.05) is 12.1 Å². The number of nitrogens with two attached hydrogens (primary N) is 1. The van der Waals surface area contributed by atoms with Crippen LogP contribution in [0, 0.1) is 5.92 Å². The molecule has 0 aromatic heterocycles. The summed E-state index contributed by atoms with van der Waals surface area (Å²) in [4.78, 5) is 26.5. The molecule has 1 fully saturated rings. The molecule has 1 saturated heterocycles. The summed E-state index contributed by atoms with van der Waals surface area (Å²) in [6.07, 6.45) is 1.82. The zero-order valence-corrected chi connectivity index (χ0v) is 18.1. The van der Waals surface area contributed by atoms with Crippen LogP contribution in [0.2, 0.25) is 0 Å². The Morgan fingerprint density at radius 1 is 1.03 bits per heavy atom. The van der Waals surface area contributed by atoms with Crippen molar-refractivity contribution in [2.45, 2.75) is 19.4 Å². The molecule has 0 spiro atoms. The second-order valence-electron chi connectivity index (χ2n) is 7.51. The van der Waals surface area contributed by atoms with Crippen LogP contribution >= 0.6 is 0 Å². The fourth-order valence-electron chi connectivity index (χ4n) is 3.86. The maximum absolute atomic E-state index is 12.8. The van der Waals surface area contributed by atoms with Crippen LogP contribution in [0.15, 0.2) is 36.4 Å². The third-order valence-corrected chi connectivity index (χ3v) is 5.47. The van der Waals surface area contributed by atoms with Gasteiger partial charge in [-0.15, -0.1) is 0 Å². The highest BCUT2D eigenvalue weighted by molar-refractivity contribution is 6.07. The van der Waals surface area contributed by atoms with E-state index in [2.05, 4.69) is 10.2 Å². The highest BCUT2D eigenvalue weighted by Crippen LogP contribution is 2.39. The molecule has 166 valence electrons. The van der Waals surface area contributed by atoms with Crippen LogP contribution in [0.4, 0.5) is 5.69 Å². The Hall–Kier alpha value is -3.26. The van der Waals surface area contributed by atoms with E-state index in [1.54, 1.807) is 12.1 Å². The van der Waals surface area contributed by atoms with E-state index in [9.17, 15) is 9.59 Å². The first-order valence-electron chi connectivity index (χ1n) is 10.2. The number of ether oxygens (including phenoxy) is 3. The summed E-state index contributed by atoms with van der Waals surface area (Å²) in [7, 11) is 4.50.